The minimum atomic E-state index is 0.379. The van der Waals surface area contributed by atoms with Gasteiger partial charge in [0.25, 0.3) is 0 Å². The van der Waals surface area contributed by atoms with Crippen LogP contribution in [0.1, 0.15) is 53.9 Å². The van der Waals surface area contributed by atoms with E-state index in [0.29, 0.717) is 11.5 Å². The fourth-order valence-corrected chi connectivity index (χ4v) is 2.49. The van der Waals surface area contributed by atoms with Crippen molar-refractivity contribution in [2.45, 2.75) is 59.9 Å². The fraction of sp³-hybridized carbons (Fsp3) is 1.00. The molecular formula is C15H32N2. The quantitative estimate of drug-likeness (QED) is 0.701. The molecule has 1 aliphatic carbocycles. The first-order chi connectivity index (χ1) is 7.93. The maximum atomic E-state index is 3.57. The van der Waals surface area contributed by atoms with Crippen molar-refractivity contribution in [2.24, 2.45) is 11.3 Å². The largest absolute Gasteiger partial charge is 0.314 e. The van der Waals surface area contributed by atoms with E-state index in [4.69, 9.17) is 0 Å². The number of hydrogen-bond donors (Lipinski definition) is 1. The second kappa shape index (κ2) is 6.75. The lowest BCUT2D eigenvalue weighted by molar-refractivity contribution is 0.131. The van der Waals surface area contributed by atoms with Crippen LogP contribution >= 0.6 is 0 Å². The van der Waals surface area contributed by atoms with Crippen molar-refractivity contribution in [3.63, 3.8) is 0 Å². The van der Waals surface area contributed by atoms with Crippen molar-refractivity contribution in [3.8, 4) is 0 Å². The smallest absolute Gasteiger partial charge is 0.00448 e. The Labute approximate surface area is 108 Å². The van der Waals surface area contributed by atoms with Gasteiger partial charge in [-0.25, -0.2) is 0 Å². The van der Waals surface area contributed by atoms with Gasteiger partial charge < -0.3 is 10.2 Å². The lowest BCUT2D eigenvalue weighted by Crippen LogP contribution is -2.44. The molecule has 0 aromatic heterocycles. The second-order valence-electron chi connectivity index (χ2n) is 6.82. The Morgan fingerprint density at radius 1 is 1.29 bits per heavy atom. The molecule has 1 N–H and O–H groups in total. The molecule has 1 rings (SSSR count). The lowest BCUT2D eigenvalue weighted by Gasteiger charge is -2.37. The molecule has 0 spiro atoms. The Morgan fingerprint density at radius 2 is 1.94 bits per heavy atom. The van der Waals surface area contributed by atoms with E-state index >= 15 is 0 Å². The first kappa shape index (κ1) is 15.0. The monoisotopic (exact) mass is 240 g/mol. The summed E-state index contributed by atoms with van der Waals surface area (Å²) in [6, 6.07) is 0.594. The van der Waals surface area contributed by atoms with Crippen molar-refractivity contribution in [3.05, 3.63) is 0 Å². The SMILES string of the molecule is CCN(CC1CCC1)CC(C)(C)CNC(C)C. The molecule has 1 aliphatic rings. The Bertz CT molecular complexity index is 207. The minimum Gasteiger partial charge on any atom is -0.314 e. The van der Waals surface area contributed by atoms with E-state index in [1.807, 2.05) is 0 Å². The van der Waals surface area contributed by atoms with Crippen LogP contribution < -0.4 is 5.32 Å². The molecule has 0 unspecified atom stereocenters. The molecule has 0 atom stereocenters. The third-order valence-electron chi connectivity index (χ3n) is 3.83. The molecule has 1 fully saturated rings. The van der Waals surface area contributed by atoms with E-state index in [1.54, 1.807) is 0 Å². The van der Waals surface area contributed by atoms with Gasteiger partial charge in [-0.2, -0.15) is 0 Å². The highest BCUT2D eigenvalue weighted by Crippen LogP contribution is 2.28. The van der Waals surface area contributed by atoms with Crippen LogP contribution in [0, 0.1) is 11.3 Å². The minimum absolute atomic E-state index is 0.379. The van der Waals surface area contributed by atoms with Crippen LogP contribution in [0.5, 0.6) is 0 Å². The molecule has 0 saturated heterocycles. The Balaban J connectivity index is 2.30. The van der Waals surface area contributed by atoms with Gasteiger partial charge in [-0.15, -0.1) is 0 Å². The summed E-state index contributed by atoms with van der Waals surface area (Å²) in [6.45, 7) is 16.4. The van der Waals surface area contributed by atoms with E-state index in [1.165, 1.54) is 38.9 Å². The van der Waals surface area contributed by atoms with Gasteiger partial charge in [-0.1, -0.05) is 41.0 Å². The Morgan fingerprint density at radius 3 is 2.35 bits per heavy atom. The summed E-state index contributed by atoms with van der Waals surface area (Å²) in [5.41, 5.74) is 0.379. The van der Waals surface area contributed by atoms with Crippen LogP contribution in [0.2, 0.25) is 0 Å². The molecule has 0 aromatic carbocycles. The third kappa shape index (κ3) is 5.87. The van der Waals surface area contributed by atoms with E-state index in [2.05, 4.69) is 44.8 Å². The van der Waals surface area contributed by atoms with Crippen LogP contribution in [0.25, 0.3) is 0 Å². The maximum absolute atomic E-state index is 3.57. The zero-order valence-electron chi connectivity index (χ0n) is 12.6. The summed E-state index contributed by atoms with van der Waals surface area (Å²) in [4.78, 5) is 2.64. The molecule has 0 heterocycles. The maximum Gasteiger partial charge on any atom is 0.00448 e. The van der Waals surface area contributed by atoms with Crippen molar-refractivity contribution in [1.29, 1.82) is 0 Å². The summed E-state index contributed by atoms with van der Waals surface area (Å²) >= 11 is 0. The summed E-state index contributed by atoms with van der Waals surface area (Å²) in [5, 5.41) is 3.57. The van der Waals surface area contributed by atoms with E-state index in [-0.39, 0.29) is 0 Å². The molecule has 0 aromatic rings. The Hall–Kier alpha value is -0.0800. The molecular weight excluding hydrogens is 208 g/mol. The summed E-state index contributed by atoms with van der Waals surface area (Å²) in [5.74, 6) is 0.990. The average Bonchev–Trinajstić information content (AvgIpc) is 2.18. The van der Waals surface area contributed by atoms with Crippen LogP contribution in [0.4, 0.5) is 0 Å². The van der Waals surface area contributed by atoms with E-state index < -0.39 is 0 Å². The average molecular weight is 240 g/mol. The first-order valence-electron chi connectivity index (χ1n) is 7.38. The second-order valence-corrected chi connectivity index (χ2v) is 6.82. The zero-order chi connectivity index (χ0) is 12.9. The predicted octanol–water partition coefficient (Wildman–Crippen LogP) is 3.13. The molecule has 0 radical (unpaired) electrons. The van der Waals surface area contributed by atoms with Gasteiger partial charge in [0.15, 0.2) is 0 Å². The highest BCUT2D eigenvalue weighted by molar-refractivity contribution is 4.80. The van der Waals surface area contributed by atoms with Gasteiger partial charge >= 0.3 is 0 Å². The number of nitrogens with zero attached hydrogens (tertiary/aromatic N) is 1. The molecule has 0 amide bonds. The van der Waals surface area contributed by atoms with E-state index in [9.17, 15) is 0 Å². The topological polar surface area (TPSA) is 15.3 Å². The molecule has 2 heteroatoms. The van der Waals surface area contributed by atoms with E-state index in [0.717, 1.165) is 12.5 Å². The van der Waals surface area contributed by atoms with Gasteiger partial charge in [0.1, 0.15) is 0 Å². The van der Waals surface area contributed by atoms with Crippen molar-refractivity contribution < 1.29 is 0 Å². The normalized spacial score (nSPS) is 17.8. The van der Waals surface area contributed by atoms with Gasteiger partial charge in [0.2, 0.25) is 0 Å². The molecule has 1 saturated carbocycles. The summed E-state index contributed by atoms with van der Waals surface area (Å²) in [6.07, 6.45) is 4.38. The van der Waals surface area contributed by atoms with Gasteiger partial charge in [0.05, 0.1) is 0 Å². The highest BCUT2D eigenvalue weighted by atomic mass is 15.1. The summed E-state index contributed by atoms with van der Waals surface area (Å²) in [7, 11) is 0. The number of nitrogens with one attached hydrogen (secondary N) is 1. The highest BCUT2D eigenvalue weighted by Gasteiger charge is 2.25. The molecule has 2 nitrogen and oxygen atoms in total. The first-order valence-corrected chi connectivity index (χ1v) is 7.38. The fourth-order valence-electron chi connectivity index (χ4n) is 2.49. The summed E-state index contributed by atoms with van der Waals surface area (Å²) < 4.78 is 0. The number of hydrogen-bond acceptors (Lipinski definition) is 2. The van der Waals surface area contributed by atoms with Crippen LogP contribution in [-0.2, 0) is 0 Å². The van der Waals surface area contributed by atoms with Gasteiger partial charge in [-0.3, -0.25) is 0 Å². The standard InChI is InChI=1S/C15H32N2/c1-6-17(10-14-8-7-9-14)12-15(4,5)11-16-13(2)3/h13-14,16H,6-12H2,1-5H3. The molecule has 17 heavy (non-hydrogen) atoms. The van der Waals surface area contributed by atoms with Crippen LogP contribution in [0.3, 0.4) is 0 Å². The van der Waals surface area contributed by atoms with Gasteiger partial charge in [0, 0.05) is 25.7 Å². The van der Waals surface area contributed by atoms with Crippen molar-refractivity contribution in [2.75, 3.05) is 26.2 Å². The number of rotatable bonds is 8. The zero-order valence-corrected chi connectivity index (χ0v) is 12.6. The Kier molecular flexibility index (Phi) is 5.94. The lowest BCUT2D eigenvalue weighted by atomic mass is 9.84. The third-order valence-corrected chi connectivity index (χ3v) is 3.83. The molecule has 0 bridgehead atoms. The van der Waals surface area contributed by atoms with Gasteiger partial charge in [-0.05, 0) is 30.7 Å². The molecule has 0 aliphatic heterocycles. The predicted molar refractivity (Wildman–Crippen MR) is 76.4 cm³/mol. The van der Waals surface area contributed by atoms with Crippen molar-refractivity contribution >= 4 is 0 Å². The van der Waals surface area contributed by atoms with Crippen molar-refractivity contribution in [1.82, 2.24) is 10.2 Å². The van der Waals surface area contributed by atoms with Crippen LogP contribution in [0.15, 0.2) is 0 Å². The van der Waals surface area contributed by atoms with Crippen LogP contribution in [-0.4, -0.2) is 37.1 Å². The molecule has 102 valence electrons.